The molecule has 0 amide bonds. The first-order valence-electron chi connectivity index (χ1n) is 4.43. The van der Waals surface area contributed by atoms with Gasteiger partial charge in [-0.25, -0.2) is 0 Å². The molecule has 3 nitrogen and oxygen atoms in total. The second-order valence-electron chi connectivity index (χ2n) is 3.14. The van der Waals surface area contributed by atoms with Crippen molar-refractivity contribution >= 4 is 0 Å². The Morgan fingerprint density at radius 3 is 2.79 bits per heavy atom. The van der Waals surface area contributed by atoms with E-state index in [-0.39, 0.29) is 6.61 Å². The van der Waals surface area contributed by atoms with E-state index in [1.807, 2.05) is 31.2 Å². The van der Waals surface area contributed by atoms with Gasteiger partial charge in [-0.15, -0.1) is 0 Å². The summed E-state index contributed by atoms with van der Waals surface area (Å²) in [7, 11) is 0. The van der Waals surface area contributed by atoms with Crippen LogP contribution in [0.25, 0.3) is 11.1 Å². The van der Waals surface area contributed by atoms with E-state index >= 15 is 0 Å². The van der Waals surface area contributed by atoms with Gasteiger partial charge < -0.3 is 9.63 Å². The van der Waals surface area contributed by atoms with Gasteiger partial charge in [-0.3, -0.25) is 0 Å². The summed E-state index contributed by atoms with van der Waals surface area (Å²) < 4.78 is 4.92. The molecule has 14 heavy (non-hydrogen) atoms. The third-order valence-electron chi connectivity index (χ3n) is 2.22. The molecular weight excluding hydrogens is 178 g/mol. The number of benzene rings is 1. The molecule has 0 aliphatic heterocycles. The lowest BCUT2D eigenvalue weighted by molar-refractivity contribution is 0.229. The topological polar surface area (TPSA) is 46.3 Å². The minimum atomic E-state index is -0.121. The smallest absolute Gasteiger partial charge is 0.169 e. The average molecular weight is 189 g/mol. The highest BCUT2D eigenvalue weighted by atomic mass is 16.5. The predicted octanol–water partition coefficient (Wildman–Crippen LogP) is 2.14. The van der Waals surface area contributed by atoms with Crippen LogP contribution in [0.15, 0.2) is 35.0 Å². The molecule has 0 bridgehead atoms. The van der Waals surface area contributed by atoms with E-state index in [4.69, 9.17) is 9.63 Å². The van der Waals surface area contributed by atoms with E-state index in [9.17, 15) is 0 Å². The van der Waals surface area contributed by atoms with Crippen molar-refractivity contribution in [1.82, 2.24) is 5.16 Å². The number of hydrogen-bond donors (Lipinski definition) is 1. The zero-order valence-electron chi connectivity index (χ0n) is 7.90. The number of aliphatic hydroxyl groups excluding tert-OH is 1. The summed E-state index contributed by atoms with van der Waals surface area (Å²) >= 11 is 0. The van der Waals surface area contributed by atoms with E-state index in [1.165, 1.54) is 0 Å². The van der Waals surface area contributed by atoms with Crippen molar-refractivity contribution in [1.29, 1.82) is 0 Å². The van der Waals surface area contributed by atoms with Crippen molar-refractivity contribution < 1.29 is 9.63 Å². The van der Waals surface area contributed by atoms with Crippen LogP contribution >= 0.6 is 0 Å². The highest BCUT2D eigenvalue weighted by Gasteiger charge is 2.10. The molecule has 1 aromatic carbocycles. The van der Waals surface area contributed by atoms with Gasteiger partial charge in [0, 0.05) is 5.56 Å². The van der Waals surface area contributed by atoms with Crippen LogP contribution in [0.4, 0.5) is 0 Å². The van der Waals surface area contributed by atoms with E-state index in [0.717, 1.165) is 16.7 Å². The van der Waals surface area contributed by atoms with Crippen molar-refractivity contribution in [3.63, 3.8) is 0 Å². The largest absolute Gasteiger partial charge is 0.388 e. The molecule has 0 saturated heterocycles. The fraction of sp³-hybridized carbons (Fsp3) is 0.182. The minimum absolute atomic E-state index is 0.121. The average Bonchev–Trinajstić information content (AvgIpc) is 2.66. The number of aromatic nitrogens is 1. The lowest BCUT2D eigenvalue weighted by Crippen LogP contribution is -1.86. The molecule has 0 fully saturated rings. The highest BCUT2D eigenvalue weighted by Crippen LogP contribution is 2.26. The molecule has 1 heterocycles. The Kier molecular flexibility index (Phi) is 2.33. The SMILES string of the molecule is Cc1ccccc1-c1cnoc1CO. The molecule has 1 aromatic heterocycles. The fourth-order valence-electron chi connectivity index (χ4n) is 1.47. The van der Waals surface area contributed by atoms with Gasteiger partial charge >= 0.3 is 0 Å². The Balaban J connectivity index is 2.54. The van der Waals surface area contributed by atoms with Gasteiger partial charge in [0.15, 0.2) is 5.76 Å². The van der Waals surface area contributed by atoms with Gasteiger partial charge in [0.25, 0.3) is 0 Å². The van der Waals surface area contributed by atoms with Crippen LogP contribution in [0.3, 0.4) is 0 Å². The van der Waals surface area contributed by atoms with Crippen molar-refractivity contribution in [2.75, 3.05) is 0 Å². The molecular formula is C11H11NO2. The summed E-state index contributed by atoms with van der Waals surface area (Å²) in [5, 5.41) is 12.7. The molecule has 3 heteroatoms. The Morgan fingerprint density at radius 1 is 1.29 bits per heavy atom. The van der Waals surface area contributed by atoms with Crippen molar-refractivity contribution in [2.45, 2.75) is 13.5 Å². The predicted molar refractivity (Wildman–Crippen MR) is 52.6 cm³/mol. The van der Waals surface area contributed by atoms with Crippen LogP contribution in [-0.2, 0) is 6.61 Å². The summed E-state index contributed by atoms with van der Waals surface area (Å²) in [4.78, 5) is 0. The van der Waals surface area contributed by atoms with Crippen LogP contribution in [0, 0.1) is 6.92 Å². The maximum atomic E-state index is 9.03. The van der Waals surface area contributed by atoms with E-state index < -0.39 is 0 Å². The van der Waals surface area contributed by atoms with Crippen LogP contribution in [0.2, 0.25) is 0 Å². The van der Waals surface area contributed by atoms with Gasteiger partial charge in [0.1, 0.15) is 6.61 Å². The molecule has 2 rings (SSSR count). The lowest BCUT2D eigenvalue weighted by Gasteiger charge is -2.02. The number of rotatable bonds is 2. The minimum Gasteiger partial charge on any atom is -0.388 e. The molecule has 0 aliphatic rings. The number of aliphatic hydroxyl groups is 1. The summed E-state index contributed by atoms with van der Waals surface area (Å²) in [5.74, 6) is 0.513. The molecule has 0 aliphatic carbocycles. The Morgan fingerprint density at radius 2 is 2.07 bits per heavy atom. The molecule has 0 unspecified atom stereocenters. The van der Waals surface area contributed by atoms with E-state index in [1.54, 1.807) is 6.20 Å². The van der Waals surface area contributed by atoms with Crippen molar-refractivity contribution in [3.8, 4) is 11.1 Å². The molecule has 72 valence electrons. The van der Waals surface area contributed by atoms with Crippen molar-refractivity contribution in [2.24, 2.45) is 0 Å². The van der Waals surface area contributed by atoms with Gasteiger partial charge in [0.05, 0.1) is 6.20 Å². The van der Waals surface area contributed by atoms with Crippen molar-refractivity contribution in [3.05, 3.63) is 41.8 Å². The Bertz CT molecular complexity index is 434. The summed E-state index contributed by atoms with van der Waals surface area (Å²) in [6.07, 6.45) is 1.63. The Hall–Kier alpha value is -1.61. The number of aryl methyl sites for hydroxylation is 1. The first-order valence-corrected chi connectivity index (χ1v) is 4.43. The maximum absolute atomic E-state index is 9.03. The molecule has 0 spiro atoms. The first kappa shape index (κ1) is 8.97. The monoisotopic (exact) mass is 189 g/mol. The van der Waals surface area contributed by atoms with Crippen LogP contribution in [-0.4, -0.2) is 10.3 Å². The van der Waals surface area contributed by atoms with Gasteiger partial charge in [-0.05, 0) is 18.1 Å². The quantitative estimate of drug-likeness (QED) is 0.787. The third-order valence-corrected chi connectivity index (χ3v) is 2.22. The van der Waals surface area contributed by atoms with Crippen LogP contribution in [0.1, 0.15) is 11.3 Å². The molecule has 0 saturated carbocycles. The van der Waals surface area contributed by atoms with E-state index in [0.29, 0.717) is 5.76 Å². The molecule has 0 atom stereocenters. The van der Waals surface area contributed by atoms with E-state index in [2.05, 4.69) is 5.16 Å². The Labute approximate surface area is 82.0 Å². The number of nitrogens with zero attached hydrogens (tertiary/aromatic N) is 1. The summed E-state index contributed by atoms with van der Waals surface area (Å²) in [5.41, 5.74) is 3.06. The second kappa shape index (κ2) is 3.64. The van der Waals surface area contributed by atoms with Gasteiger partial charge in [-0.2, -0.15) is 0 Å². The van der Waals surface area contributed by atoms with Crippen LogP contribution < -0.4 is 0 Å². The standard InChI is InChI=1S/C11H11NO2/c1-8-4-2-3-5-9(8)10-6-12-14-11(10)7-13/h2-6,13H,7H2,1H3. The normalized spacial score (nSPS) is 10.4. The number of hydrogen-bond acceptors (Lipinski definition) is 3. The van der Waals surface area contributed by atoms with Gasteiger partial charge in [-0.1, -0.05) is 29.4 Å². The lowest BCUT2D eigenvalue weighted by atomic mass is 10.0. The zero-order chi connectivity index (χ0) is 9.97. The zero-order valence-corrected chi connectivity index (χ0v) is 7.90. The summed E-state index contributed by atoms with van der Waals surface area (Å²) in [6.45, 7) is 1.90. The second-order valence-corrected chi connectivity index (χ2v) is 3.14. The third kappa shape index (κ3) is 1.42. The molecule has 2 aromatic rings. The molecule has 1 N–H and O–H groups in total. The summed E-state index contributed by atoms with van der Waals surface area (Å²) in [6, 6.07) is 7.94. The molecule has 0 radical (unpaired) electrons. The first-order chi connectivity index (χ1) is 6.83. The van der Waals surface area contributed by atoms with Crippen LogP contribution in [0.5, 0.6) is 0 Å². The fourth-order valence-corrected chi connectivity index (χ4v) is 1.47. The van der Waals surface area contributed by atoms with Gasteiger partial charge in [0.2, 0.25) is 0 Å². The maximum Gasteiger partial charge on any atom is 0.169 e. The highest BCUT2D eigenvalue weighted by molar-refractivity contribution is 5.67.